The van der Waals surface area contributed by atoms with Crippen LogP contribution in [0.4, 0.5) is 0 Å². The van der Waals surface area contributed by atoms with Gasteiger partial charge in [-0.25, -0.2) is 9.78 Å². The highest BCUT2D eigenvalue weighted by atomic mass is 79.9. The van der Waals surface area contributed by atoms with Crippen molar-refractivity contribution in [2.24, 2.45) is 0 Å². The molecule has 2 aromatic heterocycles. The molecule has 3 aromatic rings. The molecule has 0 aliphatic carbocycles. The van der Waals surface area contributed by atoms with E-state index in [-0.39, 0.29) is 18.8 Å². The summed E-state index contributed by atoms with van der Waals surface area (Å²) in [5.74, 6) is -0.0854. The Morgan fingerprint density at radius 1 is 1.38 bits per heavy atom. The zero-order valence-corrected chi connectivity index (χ0v) is 15.2. The molecule has 0 aliphatic rings. The molecule has 0 fully saturated rings. The zero-order chi connectivity index (χ0) is 17.1. The van der Waals surface area contributed by atoms with E-state index in [0.29, 0.717) is 25.9 Å². The third-order valence-electron chi connectivity index (χ3n) is 2.98. The molecule has 9 heteroatoms. The summed E-state index contributed by atoms with van der Waals surface area (Å²) in [6.07, 6.45) is 1.64. The Bertz CT molecular complexity index is 956. The van der Waals surface area contributed by atoms with E-state index in [1.807, 2.05) is 0 Å². The van der Waals surface area contributed by atoms with Crippen molar-refractivity contribution in [3.8, 4) is 5.75 Å². The summed E-state index contributed by atoms with van der Waals surface area (Å²) in [7, 11) is 0. The predicted molar refractivity (Wildman–Crippen MR) is 93.8 cm³/mol. The number of carbonyl (C=O) groups is 1. The maximum atomic E-state index is 11.8. The van der Waals surface area contributed by atoms with Crippen LogP contribution in [0.5, 0.6) is 5.75 Å². The van der Waals surface area contributed by atoms with Crippen molar-refractivity contribution in [2.45, 2.75) is 6.61 Å². The molecule has 0 aliphatic heterocycles. The Kier molecular flexibility index (Phi) is 5.17. The topological polar surface area (TPSA) is 69.9 Å². The monoisotopic (exact) mass is 428 g/mol. The molecule has 24 heavy (non-hydrogen) atoms. The smallest absolute Gasteiger partial charge is 0.344 e. The quantitative estimate of drug-likeness (QED) is 0.582. The van der Waals surface area contributed by atoms with Crippen molar-refractivity contribution in [1.29, 1.82) is 0 Å². The van der Waals surface area contributed by atoms with Crippen LogP contribution < -0.4 is 10.3 Å². The van der Waals surface area contributed by atoms with Crippen LogP contribution in [0.25, 0.3) is 4.96 Å². The van der Waals surface area contributed by atoms with Crippen molar-refractivity contribution >= 4 is 49.8 Å². The van der Waals surface area contributed by atoms with Gasteiger partial charge in [0.1, 0.15) is 12.4 Å². The van der Waals surface area contributed by atoms with Crippen LogP contribution >= 0.6 is 38.9 Å². The Morgan fingerprint density at radius 2 is 2.21 bits per heavy atom. The molecule has 0 amide bonds. The molecule has 0 saturated carbocycles. The lowest BCUT2D eigenvalue weighted by atomic mass is 10.3. The summed E-state index contributed by atoms with van der Waals surface area (Å²) in [6, 6.07) is 6.30. The highest BCUT2D eigenvalue weighted by Crippen LogP contribution is 2.27. The molecule has 0 N–H and O–H groups in total. The summed E-state index contributed by atoms with van der Waals surface area (Å²) in [4.78, 5) is 28.4. The first-order valence-corrected chi connectivity index (χ1v) is 8.77. The lowest BCUT2D eigenvalue weighted by molar-refractivity contribution is -0.147. The normalized spacial score (nSPS) is 10.8. The summed E-state index contributed by atoms with van der Waals surface area (Å²) < 4.78 is 12.5. The molecule has 6 nitrogen and oxygen atoms in total. The number of thiazole rings is 1. The molecule has 2 heterocycles. The van der Waals surface area contributed by atoms with E-state index in [0.717, 1.165) is 0 Å². The fourth-order valence-electron chi connectivity index (χ4n) is 1.89. The van der Waals surface area contributed by atoms with Gasteiger partial charge >= 0.3 is 5.97 Å². The van der Waals surface area contributed by atoms with Gasteiger partial charge in [-0.3, -0.25) is 9.20 Å². The van der Waals surface area contributed by atoms with Crippen LogP contribution in [0.3, 0.4) is 0 Å². The molecule has 3 rings (SSSR count). The average molecular weight is 430 g/mol. The first kappa shape index (κ1) is 16.9. The Morgan fingerprint density at radius 3 is 3.00 bits per heavy atom. The number of rotatable bonds is 5. The molecular formula is C15H10BrClN2O4S. The number of fused-ring (bicyclic) bond motifs is 1. The van der Waals surface area contributed by atoms with E-state index >= 15 is 0 Å². The van der Waals surface area contributed by atoms with Gasteiger partial charge in [0, 0.05) is 22.7 Å². The minimum Gasteiger partial charge on any atom is -0.481 e. The van der Waals surface area contributed by atoms with Gasteiger partial charge in [-0.05, 0) is 34.1 Å². The largest absolute Gasteiger partial charge is 0.481 e. The number of ether oxygens (including phenoxy) is 2. The molecule has 0 unspecified atom stereocenters. The van der Waals surface area contributed by atoms with Gasteiger partial charge in [-0.1, -0.05) is 11.6 Å². The zero-order valence-electron chi connectivity index (χ0n) is 12.1. The van der Waals surface area contributed by atoms with Gasteiger partial charge in [0.2, 0.25) is 0 Å². The van der Waals surface area contributed by atoms with Crippen molar-refractivity contribution in [3.05, 3.63) is 61.4 Å². The van der Waals surface area contributed by atoms with Crippen LogP contribution in [0.15, 0.2) is 45.1 Å². The number of halogens is 2. The Hall–Kier alpha value is -1.90. The fraction of sp³-hybridized carbons (Fsp3) is 0.133. The van der Waals surface area contributed by atoms with Gasteiger partial charge < -0.3 is 9.47 Å². The van der Waals surface area contributed by atoms with E-state index in [9.17, 15) is 9.59 Å². The van der Waals surface area contributed by atoms with Crippen molar-refractivity contribution in [3.63, 3.8) is 0 Å². The number of hydrogen-bond acceptors (Lipinski definition) is 6. The van der Waals surface area contributed by atoms with Gasteiger partial charge in [-0.15, -0.1) is 11.3 Å². The minimum absolute atomic E-state index is 0.0897. The first-order valence-electron chi connectivity index (χ1n) is 6.72. The molecule has 0 radical (unpaired) electrons. The van der Waals surface area contributed by atoms with E-state index in [1.54, 1.807) is 29.8 Å². The molecule has 0 bridgehead atoms. The number of aromatic nitrogens is 2. The number of carbonyl (C=O) groups excluding carboxylic acids is 1. The van der Waals surface area contributed by atoms with Crippen LogP contribution in [-0.2, 0) is 16.1 Å². The Balaban J connectivity index is 1.57. The number of esters is 1. The first-order chi connectivity index (χ1) is 11.5. The third kappa shape index (κ3) is 3.95. The maximum Gasteiger partial charge on any atom is 0.344 e. The van der Waals surface area contributed by atoms with Crippen LogP contribution in [0.2, 0.25) is 5.02 Å². The van der Waals surface area contributed by atoms with Crippen molar-refractivity contribution in [1.82, 2.24) is 9.38 Å². The van der Waals surface area contributed by atoms with Crippen molar-refractivity contribution in [2.75, 3.05) is 6.61 Å². The maximum absolute atomic E-state index is 11.8. The minimum atomic E-state index is -0.565. The van der Waals surface area contributed by atoms with E-state index in [2.05, 4.69) is 20.9 Å². The molecule has 0 atom stereocenters. The Labute approximate surface area is 153 Å². The summed E-state index contributed by atoms with van der Waals surface area (Å²) in [6.45, 7) is -0.353. The predicted octanol–water partition coefficient (Wildman–Crippen LogP) is 3.29. The van der Waals surface area contributed by atoms with E-state index < -0.39 is 5.97 Å². The number of benzene rings is 1. The molecule has 0 saturated heterocycles. The molecule has 124 valence electrons. The highest BCUT2D eigenvalue weighted by Gasteiger charge is 2.09. The van der Waals surface area contributed by atoms with E-state index in [4.69, 9.17) is 21.1 Å². The molecular weight excluding hydrogens is 420 g/mol. The second kappa shape index (κ2) is 7.33. The second-order valence-electron chi connectivity index (χ2n) is 4.67. The van der Waals surface area contributed by atoms with Gasteiger partial charge in [0.15, 0.2) is 11.6 Å². The lowest BCUT2D eigenvalue weighted by Gasteiger charge is -2.08. The molecule has 1 aromatic carbocycles. The lowest BCUT2D eigenvalue weighted by Crippen LogP contribution is -2.17. The van der Waals surface area contributed by atoms with Crippen LogP contribution in [-0.4, -0.2) is 22.0 Å². The number of nitrogens with zero attached hydrogens (tertiary/aromatic N) is 2. The SMILES string of the molecule is O=C(COc1ccc(Cl)cc1Br)OCc1cc(=O)n2ccsc2n1. The second-order valence-corrected chi connectivity index (χ2v) is 6.83. The standard InChI is InChI=1S/C15H10BrClN2O4S/c16-11-5-9(17)1-2-12(11)22-8-14(21)23-7-10-6-13(20)19-3-4-24-15(19)18-10/h1-6H,7-8H2. The van der Waals surface area contributed by atoms with Crippen LogP contribution in [0.1, 0.15) is 5.69 Å². The van der Waals surface area contributed by atoms with Gasteiger partial charge in [0.05, 0.1) is 10.2 Å². The molecule has 0 spiro atoms. The summed E-state index contributed by atoms with van der Waals surface area (Å²) >= 11 is 10.5. The highest BCUT2D eigenvalue weighted by molar-refractivity contribution is 9.10. The third-order valence-corrected chi connectivity index (χ3v) is 4.59. The van der Waals surface area contributed by atoms with Gasteiger partial charge in [-0.2, -0.15) is 0 Å². The summed E-state index contributed by atoms with van der Waals surface area (Å²) in [5.41, 5.74) is 0.178. The van der Waals surface area contributed by atoms with Crippen LogP contribution in [0, 0.1) is 0 Å². The van der Waals surface area contributed by atoms with Crippen molar-refractivity contribution < 1.29 is 14.3 Å². The van der Waals surface area contributed by atoms with Gasteiger partial charge in [0.25, 0.3) is 5.56 Å². The van der Waals surface area contributed by atoms with E-state index in [1.165, 1.54) is 21.8 Å². The number of hydrogen-bond donors (Lipinski definition) is 0. The summed E-state index contributed by atoms with van der Waals surface area (Å²) in [5, 5.41) is 2.32. The average Bonchev–Trinajstić information content (AvgIpc) is 3.01. The fourth-order valence-corrected chi connectivity index (χ4v) is 3.42.